The van der Waals surface area contributed by atoms with E-state index in [-0.39, 0.29) is 0 Å². The fraction of sp³-hybridized carbons (Fsp3) is 0.200. The fourth-order valence-electron chi connectivity index (χ4n) is 1.50. The Kier molecular flexibility index (Phi) is 4.09. The predicted molar refractivity (Wildman–Crippen MR) is 64.1 cm³/mol. The van der Waals surface area contributed by atoms with E-state index in [9.17, 15) is 0 Å². The van der Waals surface area contributed by atoms with Crippen molar-refractivity contribution in [2.45, 2.75) is 19.3 Å². The summed E-state index contributed by atoms with van der Waals surface area (Å²) in [4.78, 5) is 0. The van der Waals surface area contributed by atoms with E-state index in [2.05, 4.69) is 17.8 Å². The Labute approximate surface area is 91.7 Å². The molecule has 0 spiro atoms. The number of benzene rings is 1. The van der Waals surface area contributed by atoms with Gasteiger partial charge in [0.15, 0.2) is 0 Å². The highest BCUT2D eigenvalue weighted by molar-refractivity contribution is 5.35. The van der Waals surface area contributed by atoms with E-state index in [0.717, 1.165) is 16.7 Å². The van der Waals surface area contributed by atoms with Gasteiger partial charge in [0.25, 0.3) is 0 Å². The molecule has 72 valence electrons. The third kappa shape index (κ3) is 3.27. The van der Waals surface area contributed by atoms with Crippen LogP contribution in [0.2, 0.25) is 0 Å². The molecule has 0 saturated carbocycles. The highest BCUT2D eigenvalue weighted by Gasteiger charge is 1.99. The Balaban J connectivity index is 3.05. The van der Waals surface area contributed by atoms with Crippen LogP contribution in [0.4, 0.5) is 0 Å². The van der Waals surface area contributed by atoms with Gasteiger partial charge in [-0.3, -0.25) is 0 Å². The first-order valence-corrected chi connectivity index (χ1v) is 4.72. The molecule has 0 heterocycles. The lowest BCUT2D eigenvalue weighted by Crippen LogP contribution is -1.92. The van der Waals surface area contributed by atoms with Crippen LogP contribution >= 0.6 is 0 Å². The van der Waals surface area contributed by atoms with Crippen LogP contribution in [0.25, 0.3) is 0 Å². The van der Waals surface area contributed by atoms with Crippen LogP contribution in [0.5, 0.6) is 0 Å². The van der Waals surface area contributed by atoms with E-state index >= 15 is 0 Å². The van der Waals surface area contributed by atoms with Gasteiger partial charge in [-0.15, -0.1) is 37.0 Å². The summed E-state index contributed by atoms with van der Waals surface area (Å²) in [5.41, 5.74) is 3.32. The van der Waals surface area contributed by atoms with Gasteiger partial charge in [-0.2, -0.15) is 0 Å². The number of hydrogen-bond donors (Lipinski definition) is 0. The lowest BCUT2D eigenvalue weighted by Gasteiger charge is -2.04. The standard InChI is InChI=1S/C15H12/c1-4-7-13-10-14(8-5-2)12-15(11-13)9-6-3/h1-3,10-12H,7-9H2. The smallest absolute Gasteiger partial charge is 0.0337 e. The SMILES string of the molecule is C#CCc1cc(CC#C)cc(CC#C)c1. The van der Waals surface area contributed by atoms with Gasteiger partial charge >= 0.3 is 0 Å². The molecule has 0 aliphatic heterocycles. The molecule has 1 aromatic carbocycles. The van der Waals surface area contributed by atoms with Gasteiger partial charge < -0.3 is 0 Å². The minimum absolute atomic E-state index is 0.621. The van der Waals surface area contributed by atoms with E-state index in [1.54, 1.807) is 0 Å². The first kappa shape index (κ1) is 11.0. The first-order chi connectivity index (χ1) is 7.30. The molecule has 0 heteroatoms. The van der Waals surface area contributed by atoms with Crippen molar-refractivity contribution in [1.29, 1.82) is 0 Å². The van der Waals surface area contributed by atoms with Crippen molar-refractivity contribution in [3.05, 3.63) is 34.9 Å². The predicted octanol–water partition coefficient (Wildman–Crippen LogP) is 2.21. The topological polar surface area (TPSA) is 0 Å². The Morgan fingerprint density at radius 1 is 0.667 bits per heavy atom. The maximum Gasteiger partial charge on any atom is 0.0337 e. The van der Waals surface area contributed by atoms with Crippen LogP contribution in [-0.4, -0.2) is 0 Å². The Hall–Kier alpha value is -2.10. The minimum atomic E-state index is 0.621. The molecule has 0 fully saturated rings. The summed E-state index contributed by atoms with van der Waals surface area (Å²) >= 11 is 0. The van der Waals surface area contributed by atoms with Crippen molar-refractivity contribution in [3.63, 3.8) is 0 Å². The quantitative estimate of drug-likeness (QED) is 0.644. The summed E-state index contributed by atoms with van der Waals surface area (Å²) in [5, 5.41) is 0. The van der Waals surface area contributed by atoms with Gasteiger partial charge in [0.05, 0.1) is 0 Å². The summed E-state index contributed by atoms with van der Waals surface area (Å²) in [6.45, 7) is 0. The molecule has 0 nitrogen and oxygen atoms in total. The number of rotatable bonds is 3. The molecule has 15 heavy (non-hydrogen) atoms. The second-order valence-electron chi connectivity index (χ2n) is 3.30. The van der Waals surface area contributed by atoms with Gasteiger partial charge in [-0.05, 0) is 16.7 Å². The minimum Gasteiger partial charge on any atom is -0.120 e. The summed E-state index contributed by atoms with van der Waals surface area (Å²) in [6, 6.07) is 6.12. The highest BCUT2D eigenvalue weighted by Crippen LogP contribution is 2.12. The normalized spacial score (nSPS) is 8.60. The number of hydrogen-bond acceptors (Lipinski definition) is 0. The van der Waals surface area contributed by atoms with Crippen LogP contribution in [-0.2, 0) is 19.3 Å². The molecule has 0 saturated heterocycles. The van der Waals surface area contributed by atoms with Crippen molar-refractivity contribution in [2.24, 2.45) is 0 Å². The van der Waals surface area contributed by atoms with Crippen LogP contribution in [0.1, 0.15) is 16.7 Å². The average molecular weight is 192 g/mol. The van der Waals surface area contributed by atoms with Gasteiger partial charge in [0, 0.05) is 19.3 Å². The maximum absolute atomic E-state index is 5.28. The van der Waals surface area contributed by atoms with Crippen molar-refractivity contribution >= 4 is 0 Å². The van der Waals surface area contributed by atoms with Crippen LogP contribution < -0.4 is 0 Å². The highest BCUT2D eigenvalue weighted by atomic mass is 14.0. The molecule has 0 bridgehead atoms. The monoisotopic (exact) mass is 192 g/mol. The molecule has 0 aromatic heterocycles. The maximum atomic E-state index is 5.28. The zero-order valence-electron chi connectivity index (χ0n) is 8.59. The van der Waals surface area contributed by atoms with E-state index < -0.39 is 0 Å². The van der Waals surface area contributed by atoms with E-state index in [0.29, 0.717) is 19.3 Å². The summed E-state index contributed by atoms with van der Waals surface area (Å²) in [6.07, 6.45) is 17.7. The third-order valence-electron chi connectivity index (χ3n) is 2.03. The molecule has 0 N–H and O–H groups in total. The Morgan fingerprint density at radius 3 is 1.13 bits per heavy atom. The molecule has 1 rings (SSSR count). The van der Waals surface area contributed by atoms with Crippen LogP contribution in [0.3, 0.4) is 0 Å². The molecular weight excluding hydrogens is 180 g/mol. The second-order valence-corrected chi connectivity index (χ2v) is 3.30. The van der Waals surface area contributed by atoms with E-state index in [1.807, 2.05) is 18.2 Å². The molecular formula is C15H12. The molecule has 0 aliphatic carbocycles. The Bertz CT molecular complexity index is 375. The average Bonchev–Trinajstić information content (AvgIpc) is 2.19. The lowest BCUT2D eigenvalue weighted by atomic mass is 10.0. The van der Waals surface area contributed by atoms with Gasteiger partial charge in [-0.1, -0.05) is 18.2 Å². The molecule has 0 amide bonds. The summed E-state index contributed by atoms with van der Waals surface area (Å²) in [7, 11) is 0. The van der Waals surface area contributed by atoms with Crippen molar-refractivity contribution in [1.82, 2.24) is 0 Å². The number of terminal acetylenes is 3. The molecule has 0 aliphatic rings. The third-order valence-corrected chi connectivity index (χ3v) is 2.03. The summed E-state index contributed by atoms with van der Waals surface area (Å²) < 4.78 is 0. The second kappa shape index (κ2) is 5.59. The van der Waals surface area contributed by atoms with Gasteiger partial charge in [0.1, 0.15) is 0 Å². The first-order valence-electron chi connectivity index (χ1n) is 4.72. The van der Waals surface area contributed by atoms with Crippen molar-refractivity contribution in [2.75, 3.05) is 0 Å². The summed E-state index contributed by atoms with van der Waals surface area (Å²) in [5.74, 6) is 7.86. The molecule has 0 atom stereocenters. The fourth-order valence-corrected chi connectivity index (χ4v) is 1.50. The molecule has 0 radical (unpaired) electrons. The zero-order valence-corrected chi connectivity index (χ0v) is 8.59. The van der Waals surface area contributed by atoms with Gasteiger partial charge in [0.2, 0.25) is 0 Å². The Morgan fingerprint density at radius 2 is 0.933 bits per heavy atom. The van der Waals surface area contributed by atoms with Crippen molar-refractivity contribution < 1.29 is 0 Å². The van der Waals surface area contributed by atoms with E-state index in [4.69, 9.17) is 19.3 Å². The van der Waals surface area contributed by atoms with Crippen LogP contribution in [0, 0.1) is 37.0 Å². The largest absolute Gasteiger partial charge is 0.120 e. The van der Waals surface area contributed by atoms with Gasteiger partial charge in [-0.25, -0.2) is 0 Å². The zero-order chi connectivity index (χ0) is 11.1. The lowest BCUT2D eigenvalue weighted by molar-refractivity contribution is 1.19. The van der Waals surface area contributed by atoms with Crippen LogP contribution in [0.15, 0.2) is 18.2 Å². The molecule has 0 unspecified atom stereocenters. The van der Waals surface area contributed by atoms with Crippen molar-refractivity contribution in [3.8, 4) is 37.0 Å². The van der Waals surface area contributed by atoms with E-state index in [1.165, 1.54) is 0 Å². The molecule has 1 aromatic rings.